The lowest BCUT2D eigenvalue weighted by atomic mass is 10.0. The Labute approximate surface area is 91.2 Å². The zero-order valence-electron chi connectivity index (χ0n) is 7.66. The van der Waals surface area contributed by atoms with E-state index in [0.29, 0.717) is 12.1 Å². The lowest BCUT2D eigenvalue weighted by molar-refractivity contribution is 0.0933. The summed E-state index contributed by atoms with van der Waals surface area (Å²) in [5.41, 5.74) is 1.71. The van der Waals surface area contributed by atoms with Crippen molar-refractivity contribution in [3.05, 3.63) is 40.6 Å². The molecule has 1 atom stereocenters. The second-order valence-electron chi connectivity index (χ2n) is 3.50. The molecule has 3 heteroatoms. The van der Waals surface area contributed by atoms with Crippen molar-refractivity contribution in [1.29, 1.82) is 0 Å². The number of pyridine rings is 1. The third-order valence-electron chi connectivity index (χ3n) is 2.43. The molecule has 1 aliphatic carbocycles. The molecule has 0 aromatic carbocycles. The molecule has 14 heavy (non-hydrogen) atoms. The molecular weight excluding hydrogens is 242 g/mol. The van der Waals surface area contributed by atoms with Gasteiger partial charge in [-0.25, -0.2) is 0 Å². The number of carbonyl (C=O) groups is 1. The molecule has 0 fully saturated rings. The maximum absolute atomic E-state index is 11.8. The molecule has 0 saturated carbocycles. The Morgan fingerprint density at radius 1 is 1.71 bits per heavy atom. The lowest BCUT2D eigenvalue weighted by Gasteiger charge is -2.04. The fourth-order valence-electron chi connectivity index (χ4n) is 1.81. The van der Waals surface area contributed by atoms with Gasteiger partial charge in [-0.3, -0.25) is 9.78 Å². The van der Waals surface area contributed by atoms with Crippen molar-refractivity contribution < 1.29 is 4.79 Å². The van der Waals surface area contributed by atoms with E-state index in [1.807, 2.05) is 12.1 Å². The summed E-state index contributed by atoms with van der Waals surface area (Å²) in [4.78, 5) is 15.9. The Hall–Kier alpha value is -0.960. The molecule has 0 saturated heterocycles. The van der Waals surface area contributed by atoms with Crippen LogP contribution in [-0.4, -0.2) is 10.8 Å². The Balaban J connectivity index is 2.26. The first-order valence-electron chi connectivity index (χ1n) is 4.50. The average Bonchev–Trinajstić information content (AvgIpc) is 2.44. The van der Waals surface area contributed by atoms with Gasteiger partial charge in [0.1, 0.15) is 5.69 Å². The Bertz CT molecular complexity index is 400. The first-order chi connectivity index (χ1) is 6.68. The lowest BCUT2D eigenvalue weighted by Crippen LogP contribution is -2.09. The van der Waals surface area contributed by atoms with Crippen molar-refractivity contribution in [2.45, 2.75) is 12.8 Å². The van der Waals surface area contributed by atoms with Crippen LogP contribution in [0.3, 0.4) is 0 Å². The van der Waals surface area contributed by atoms with Crippen LogP contribution in [0.4, 0.5) is 0 Å². The number of hydrogen-bond acceptors (Lipinski definition) is 2. The highest BCUT2D eigenvalue weighted by Gasteiger charge is 2.31. The molecule has 0 N–H and O–H groups in total. The number of Topliss-reactive ketones (excluding diaryl/α,β-unsaturated/α-hetero) is 1. The molecule has 2 rings (SSSR count). The van der Waals surface area contributed by atoms with Crippen LogP contribution in [0.2, 0.25) is 0 Å². The van der Waals surface area contributed by atoms with Crippen molar-refractivity contribution in [2.24, 2.45) is 5.92 Å². The zero-order valence-corrected chi connectivity index (χ0v) is 9.25. The van der Waals surface area contributed by atoms with Crippen molar-refractivity contribution in [3.8, 4) is 0 Å². The standard InChI is InChI=1S/C11H10BrNO/c1-7(12)5-9-6-8-3-2-4-13-10(8)11(9)14/h2-4,9H,1,5-6H2. The molecule has 0 radical (unpaired) electrons. The summed E-state index contributed by atoms with van der Waals surface area (Å²) < 4.78 is 0.878. The van der Waals surface area contributed by atoms with Crippen LogP contribution in [0, 0.1) is 5.92 Å². The van der Waals surface area contributed by atoms with E-state index in [4.69, 9.17) is 0 Å². The molecule has 0 amide bonds. The summed E-state index contributed by atoms with van der Waals surface area (Å²) in [5.74, 6) is 0.188. The van der Waals surface area contributed by atoms with Gasteiger partial charge in [0.2, 0.25) is 0 Å². The minimum atomic E-state index is 0.0341. The number of aromatic nitrogens is 1. The van der Waals surface area contributed by atoms with Crippen LogP contribution in [0.5, 0.6) is 0 Å². The van der Waals surface area contributed by atoms with E-state index >= 15 is 0 Å². The summed E-state index contributed by atoms with van der Waals surface area (Å²) in [7, 11) is 0. The monoisotopic (exact) mass is 251 g/mol. The molecule has 2 nitrogen and oxygen atoms in total. The quantitative estimate of drug-likeness (QED) is 0.810. The molecule has 0 aliphatic heterocycles. The molecule has 0 spiro atoms. The van der Waals surface area contributed by atoms with Gasteiger partial charge >= 0.3 is 0 Å². The minimum Gasteiger partial charge on any atom is -0.292 e. The zero-order chi connectivity index (χ0) is 10.1. The number of rotatable bonds is 2. The molecule has 1 heterocycles. The average molecular weight is 252 g/mol. The van der Waals surface area contributed by atoms with Crippen molar-refractivity contribution in [3.63, 3.8) is 0 Å². The van der Waals surface area contributed by atoms with Crippen LogP contribution in [0.1, 0.15) is 22.5 Å². The normalized spacial score (nSPS) is 19.5. The van der Waals surface area contributed by atoms with Crippen LogP contribution >= 0.6 is 15.9 Å². The Kier molecular flexibility index (Phi) is 2.50. The maximum atomic E-state index is 11.8. The number of ketones is 1. The highest BCUT2D eigenvalue weighted by atomic mass is 79.9. The summed E-state index contributed by atoms with van der Waals surface area (Å²) in [6.45, 7) is 3.76. The molecule has 1 aromatic heterocycles. The molecule has 0 bridgehead atoms. The smallest absolute Gasteiger partial charge is 0.185 e. The predicted molar refractivity (Wildman–Crippen MR) is 58.4 cm³/mol. The second kappa shape index (κ2) is 3.65. The van der Waals surface area contributed by atoms with Crippen molar-refractivity contribution in [2.75, 3.05) is 0 Å². The number of nitrogens with zero attached hydrogens (tertiary/aromatic N) is 1. The number of halogens is 1. The van der Waals surface area contributed by atoms with E-state index in [1.54, 1.807) is 6.20 Å². The van der Waals surface area contributed by atoms with E-state index in [2.05, 4.69) is 27.5 Å². The Morgan fingerprint density at radius 3 is 3.14 bits per heavy atom. The summed E-state index contributed by atoms with van der Waals surface area (Å²) in [5, 5.41) is 0. The van der Waals surface area contributed by atoms with Crippen LogP contribution in [-0.2, 0) is 6.42 Å². The molecular formula is C11H10BrNO. The number of carbonyl (C=O) groups excluding carboxylic acids is 1. The third-order valence-corrected chi connectivity index (χ3v) is 2.75. The predicted octanol–water partition coefficient (Wildman–Crippen LogP) is 2.74. The van der Waals surface area contributed by atoms with Crippen LogP contribution in [0.15, 0.2) is 29.4 Å². The van der Waals surface area contributed by atoms with Gasteiger partial charge in [0.25, 0.3) is 0 Å². The molecule has 1 aromatic rings. The van der Waals surface area contributed by atoms with Gasteiger partial charge in [-0.15, -0.1) is 0 Å². The minimum absolute atomic E-state index is 0.0341. The topological polar surface area (TPSA) is 30.0 Å². The van der Waals surface area contributed by atoms with E-state index in [-0.39, 0.29) is 11.7 Å². The number of hydrogen-bond donors (Lipinski definition) is 0. The fourth-order valence-corrected chi connectivity index (χ4v) is 2.20. The van der Waals surface area contributed by atoms with E-state index in [0.717, 1.165) is 16.5 Å². The molecule has 72 valence electrons. The van der Waals surface area contributed by atoms with Crippen LogP contribution in [0.25, 0.3) is 0 Å². The maximum Gasteiger partial charge on any atom is 0.185 e. The second-order valence-corrected chi connectivity index (χ2v) is 4.62. The first kappa shape index (κ1) is 9.59. The van der Waals surface area contributed by atoms with Gasteiger partial charge in [0.15, 0.2) is 5.78 Å². The van der Waals surface area contributed by atoms with Crippen LogP contribution < -0.4 is 0 Å². The first-order valence-corrected chi connectivity index (χ1v) is 5.29. The number of fused-ring (bicyclic) bond motifs is 1. The van der Waals surface area contributed by atoms with Gasteiger partial charge in [-0.05, 0) is 29.0 Å². The third kappa shape index (κ3) is 1.64. The summed E-state index contributed by atoms with van der Waals surface area (Å²) in [6, 6.07) is 3.84. The Morgan fingerprint density at radius 2 is 2.50 bits per heavy atom. The summed E-state index contributed by atoms with van der Waals surface area (Å²) >= 11 is 3.29. The molecule has 1 unspecified atom stereocenters. The highest BCUT2D eigenvalue weighted by Crippen LogP contribution is 2.30. The van der Waals surface area contributed by atoms with E-state index < -0.39 is 0 Å². The van der Waals surface area contributed by atoms with Gasteiger partial charge in [-0.2, -0.15) is 0 Å². The van der Waals surface area contributed by atoms with Crippen molar-refractivity contribution in [1.82, 2.24) is 4.98 Å². The van der Waals surface area contributed by atoms with Crippen molar-refractivity contribution >= 4 is 21.7 Å². The van der Waals surface area contributed by atoms with Gasteiger partial charge in [-0.1, -0.05) is 28.6 Å². The largest absolute Gasteiger partial charge is 0.292 e. The van der Waals surface area contributed by atoms with E-state index in [9.17, 15) is 4.79 Å². The molecule has 1 aliphatic rings. The summed E-state index contributed by atoms with van der Waals surface area (Å²) in [6.07, 6.45) is 3.17. The van der Waals surface area contributed by atoms with Gasteiger partial charge < -0.3 is 0 Å². The SMILES string of the molecule is C=C(Br)CC1Cc2cccnc2C1=O. The number of allylic oxidation sites excluding steroid dienone is 1. The van der Waals surface area contributed by atoms with Gasteiger partial charge in [0.05, 0.1) is 0 Å². The highest BCUT2D eigenvalue weighted by molar-refractivity contribution is 9.11. The van der Waals surface area contributed by atoms with Gasteiger partial charge in [0, 0.05) is 12.1 Å². The van der Waals surface area contributed by atoms with E-state index in [1.165, 1.54) is 0 Å². The fraction of sp³-hybridized carbons (Fsp3) is 0.273.